The molecule has 1 unspecified atom stereocenters. The van der Waals surface area contributed by atoms with Gasteiger partial charge in [0, 0.05) is 18.9 Å². The van der Waals surface area contributed by atoms with Gasteiger partial charge in [0.05, 0.1) is 13.0 Å². The van der Waals surface area contributed by atoms with Gasteiger partial charge in [0.25, 0.3) is 0 Å². The number of rotatable bonds is 12. The summed E-state index contributed by atoms with van der Waals surface area (Å²) < 4.78 is 5.81. The first kappa shape index (κ1) is 21.3. The van der Waals surface area contributed by atoms with Crippen molar-refractivity contribution in [3.8, 4) is 5.75 Å². The number of aliphatic carboxylic acids is 1. The molecule has 0 aliphatic carbocycles. The lowest BCUT2D eigenvalue weighted by atomic mass is 9.89. The quantitative estimate of drug-likeness (QED) is 0.430. The van der Waals surface area contributed by atoms with Gasteiger partial charge in [-0.3, -0.25) is 4.79 Å². The van der Waals surface area contributed by atoms with Crippen molar-refractivity contribution >= 4 is 11.9 Å². The molecule has 0 aliphatic heterocycles. The van der Waals surface area contributed by atoms with Crippen LogP contribution in [0.3, 0.4) is 0 Å². The van der Waals surface area contributed by atoms with Gasteiger partial charge in [0.2, 0.25) is 5.95 Å². The van der Waals surface area contributed by atoms with Crippen LogP contribution in [0.4, 0.5) is 5.95 Å². The number of benzene rings is 2. The van der Waals surface area contributed by atoms with Gasteiger partial charge < -0.3 is 15.2 Å². The van der Waals surface area contributed by atoms with E-state index in [9.17, 15) is 9.90 Å². The highest BCUT2D eigenvalue weighted by molar-refractivity contribution is 5.68. The Morgan fingerprint density at radius 3 is 2.40 bits per heavy atom. The first-order valence-corrected chi connectivity index (χ1v) is 10.2. The van der Waals surface area contributed by atoms with E-state index in [-0.39, 0.29) is 12.3 Å². The number of carboxylic acid groups (broad SMARTS) is 1. The number of nitrogens with one attached hydrogen (secondary N) is 1. The minimum atomic E-state index is -0.780. The Balaban J connectivity index is 1.42. The fourth-order valence-electron chi connectivity index (χ4n) is 3.26. The van der Waals surface area contributed by atoms with E-state index in [1.54, 1.807) is 18.5 Å². The largest absolute Gasteiger partial charge is 0.494 e. The molecule has 156 valence electrons. The summed E-state index contributed by atoms with van der Waals surface area (Å²) in [6.07, 6.45) is 6.12. The van der Waals surface area contributed by atoms with Crippen LogP contribution in [-0.4, -0.2) is 34.2 Å². The Morgan fingerprint density at radius 2 is 1.70 bits per heavy atom. The third-order valence-electron chi connectivity index (χ3n) is 4.79. The van der Waals surface area contributed by atoms with Crippen molar-refractivity contribution in [1.82, 2.24) is 9.97 Å². The lowest BCUT2D eigenvalue weighted by molar-refractivity contribution is -0.137. The fraction of sp³-hybridized carbons (Fsp3) is 0.292. The molecule has 0 amide bonds. The summed E-state index contributed by atoms with van der Waals surface area (Å²) in [6, 6.07) is 19.5. The van der Waals surface area contributed by atoms with Gasteiger partial charge in [-0.25, -0.2) is 9.97 Å². The number of hydrogen-bond donors (Lipinski definition) is 2. The molecule has 30 heavy (non-hydrogen) atoms. The molecule has 0 fully saturated rings. The molecule has 0 saturated heterocycles. The molecule has 0 spiro atoms. The van der Waals surface area contributed by atoms with Crippen LogP contribution in [0.15, 0.2) is 73.1 Å². The molecule has 1 aromatic heterocycles. The summed E-state index contributed by atoms with van der Waals surface area (Å²) >= 11 is 0. The second kappa shape index (κ2) is 11.6. The number of carbonyl (C=O) groups is 1. The maximum Gasteiger partial charge on any atom is 0.303 e. The van der Waals surface area contributed by atoms with Crippen molar-refractivity contribution in [3.63, 3.8) is 0 Å². The molecule has 6 heteroatoms. The average Bonchev–Trinajstić information content (AvgIpc) is 2.78. The highest BCUT2D eigenvalue weighted by Crippen LogP contribution is 2.25. The van der Waals surface area contributed by atoms with Crippen molar-refractivity contribution in [2.75, 3.05) is 18.5 Å². The molecule has 1 heterocycles. The van der Waals surface area contributed by atoms with Crippen molar-refractivity contribution in [3.05, 3.63) is 84.2 Å². The van der Waals surface area contributed by atoms with Crippen LogP contribution in [0.25, 0.3) is 0 Å². The van der Waals surface area contributed by atoms with E-state index in [4.69, 9.17) is 4.74 Å². The summed E-state index contributed by atoms with van der Waals surface area (Å²) in [5, 5.41) is 12.4. The van der Waals surface area contributed by atoms with Crippen molar-refractivity contribution < 1.29 is 14.6 Å². The summed E-state index contributed by atoms with van der Waals surface area (Å²) in [5.41, 5.74) is 2.15. The lowest BCUT2D eigenvalue weighted by Gasteiger charge is -2.16. The van der Waals surface area contributed by atoms with Gasteiger partial charge in [-0.2, -0.15) is 0 Å². The van der Waals surface area contributed by atoms with Crippen LogP contribution in [0.2, 0.25) is 0 Å². The van der Waals surface area contributed by atoms with E-state index < -0.39 is 5.97 Å². The molecule has 2 N–H and O–H groups in total. The van der Waals surface area contributed by atoms with Crippen LogP contribution in [-0.2, 0) is 11.2 Å². The maximum absolute atomic E-state index is 11.3. The molecule has 6 nitrogen and oxygen atoms in total. The first-order chi connectivity index (χ1) is 14.7. The van der Waals surface area contributed by atoms with E-state index in [0.29, 0.717) is 19.0 Å². The van der Waals surface area contributed by atoms with Gasteiger partial charge in [-0.15, -0.1) is 0 Å². The summed E-state index contributed by atoms with van der Waals surface area (Å²) in [6.45, 7) is 1.44. The van der Waals surface area contributed by atoms with Crippen molar-refractivity contribution in [1.29, 1.82) is 0 Å². The van der Waals surface area contributed by atoms with Gasteiger partial charge in [0.15, 0.2) is 0 Å². The van der Waals surface area contributed by atoms with Gasteiger partial charge in [0.1, 0.15) is 5.75 Å². The van der Waals surface area contributed by atoms with Crippen molar-refractivity contribution in [2.45, 2.75) is 31.6 Å². The minimum absolute atomic E-state index is 0.0448. The molecule has 3 aromatic rings. The first-order valence-electron chi connectivity index (χ1n) is 10.2. The van der Waals surface area contributed by atoms with Crippen LogP contribution in [0.1, 0.15) is 36.3 Å². The third kappa shape index (κ3) is 7.20. The average molecular weight is 405 g/mol. The van der Waals surface area contributed by atoms with Crippen LogP contribution in [0, 0.1) is 0 Å². The maximum atomic E-state index is 11.3. The van der Waals surface area contributed by atoms with E-state index in [1.165, 1.54) is 0 Å². The fourth-order valence-corrected chi connectivity index (χ4v) is 3.26. The van der Waals surface area contributed by atoms with Crippen LogP contribution >= 0.6 is 0 Å². The topological polar surface area (TPSA) is 84.3 Å². The molecule has 0 bridgehead atoms. The van der Waals surface area contributed by atoms with Crippen LogP contribution in [0.5, 0.6) is 5.75 Å². The number of ether oxygens (including phenoxy) is 1. The molecule has 3 rings (SSSR count). The third-order valence-corrected chi connectivity index (χ3v) is 4.79. The summed E-state index contributed by atoms with van der Waals surface area (Å²) in [4.78, 5) is 19.5. The predicted octanol–water partition coefficient (Wildman–Crippen LogP) is 4.55. The van der Waals surface area contributed by atoms with E-state index >= 15 is 0 Å². The zero-order valence-electron chi connectivity index (χ0n) is 16.9. The van der Waals surface area contributed by atoms with Gasteiger partial charge in [-0.05, 0) is 54.5 Å². The molecular formula is C24H27N3O3. The number of hydrogen-bond acceptors (Lipinski definition) is 5. The molecule has 1 atom stereocenters. The normalized spacial score (nSPS) is 11.6. The highest BCUT2D eigenvalue weighted by Gasteiger charge is 2.16. The monoisotopic (exact) mass is 405 g/mol. The number of nitrogens with zero attached hydrogens (tertiary/aromatic N) is 2. The highest BCUT2D eigenvalue weighted by atomic mass is 16.5. The number of unbranched alkanes of at least 4 members (excludes halogenated alkanes) is 1. The predicted molar refractivity (Wildman–Crippen MR) is 117 cm³/mol. The second-order valence-corrected chi connectivity index (χ2v) is 7.11. The smallest absolute Gasteiger partial charge is 0.303 e. The Kier molecular flexibility index (Phi) is 8.21. The Hall–Kier alpha value is -3.41. The second-order valence-electron chi connectivity index (χ2n) is 7.11. The number of aromatic nitrogens is 2. The molecular weight excluding hydrogens is 378 g/mol. The molecule has 0 aliphatic rings. The lowest BCUT2D eigenvalue weighted by Crippen LogP contribution is -2.09. The summed E-state index contributed by atoms with van der Waals surface area (Å²) in [5.74, 6) is 0.645. The van der Waals surface area contributed by atoms with Crippen molar-refractivity contribution in [2.24, 2.45) is 0 Å². The number of anilines is 1. The van der Waals surface area contributed by atoms with E-state index in [0.717, 1.165) is 36.3 Å². The summed E-state index contributed by atoms with van der Waals surface area (Å²) in [7, 11) is 0. The Labute approximate surface area is 177 Å². The van der Waals surface area contributed by atoms with E-state index in [2.05, 4.69) is 15.3 Å². The zero-order valence-corrected chi connectivity index (χ0v) is 16.9. The molecule has 0 saturated carbocycles. The Morgan fingerprint density at radius 1 is 0.967 bits per heavy atom. The van der Waals surface area contributed by atoms with E-state index in [1.807, 2.05) is 54.6 Å². The van der Waals surface area contributed by atoms with Gasteiger partial charge in [-0.1, -0.05) is 42.5 Å². The SMILES string of the molecule is O=C(O)CC(Cc1ccc(OCCCCNc2ncccn2)cc1)c1ccccc1. The standard InChI is InChI=1S/C24H27N3O3/c28-23(29)18-21(20-7-2-1-3-8-20)17-19-9-11-22(12-10-19)30-16-5-4-13-25-24-26-14-6-15-27-24/h1-3,6-12,14-15,21H,4-5,13,16-18H2,(H,28,29)(H,25,26,27). The molecule has 0 radical (unpaired) electrons. The van der Waals surface area contributed by atoms with Gasteiger partial charge >= 0.3 is 5.97 Å². The van der Waals surface area contributed by atoms with Crippen LogP contribution < -0.4 is 10.1 Å². The Bertz CT molecular complexity index is 887. The molecule has 2 aromatic carbocycles. The minimum Gasteiger partial charge on any atom is -0.494 e. The zero-order chi connectivity index (χ0) is 21.0. The number of carboxylic acids is 1.